The van der Waals surface area contributed by atoms with E-state index in [0.717, 1.165) is 0 Å². The summed E-state index contributed by atoms with van der Waals surface area (Å²) in [6.45, 7) is 1.74. The van der Waals surface area contributed by atoms with Crippen molar-refractivity contribution in [1.29, 1.82) is 0 Å². The minimum atomic E-state index is -1.66. The first-order valence-corrected chi connectivity index (χ1v) is 6.63. The Kier molecular flexibility index (Phi) is 4.81. The van der Waals surface area contributed by atoms with E-state index >= 15 is 0 Å². The maximum Gasteiger partial charge on any atom is 0.218 e. The second-order valence-electron chi connectivity index (χ2n) is 2.75. The van der Waals surface area contributed by atoms with Crippen LogP contribution in [0.5, 0.6) is 0 Å². The highest BCUT2D eigenvalue weighted by Crippen LogP contribution is 2.50. The van der Waals surface area contributed by atoms with Crippen molar-refractivity contribution >= 4 is 85.5 Å². The summed E-state index contributed by atoms with van der Waals surface area (Å²) in [6.07, 6.45) is 0. The van der Waals surface area contributed by atoms with Gasteiger partial charge in [-0.1, -0.05) is 69.6 Å². The molecule has 0 amide bonds. The summed E-state index contributed by atoms with van der Waals surface area (Å²) in [5.41, 5.74) is 0.966. The quantitative estimate of drug-likeness (QED) is 0.267. The Balaban J connectivity index is 3.68. The third-order valence-electron chi connectivity index (χ3n) is 1.77. The van der Waals surface area contributed by atoms with Gasteiger partial charge in [-0.25, -0.2) is 0 Å². The lowest BCUT2D eigenvalue weighted by Crippen LogP contribution is -2.05. The Morgan fingerprint density at radius 1 is 0.933 bits per heavy atom. The van der Waals surface area contributed by atoms with Gasteiger partial charge in [-0.15, -0.1) is 0 Å². The molecule has 0 aliphatic heterocycles. The van der Waals surface area contributed by atoms with Gasteiger partial charge in [0.25, 0.3) is 0 Å². The van der Waals surface area contributed by atoms with E-state index in [1.807, 2.05) is 0 Å². The van der Waals surface area contributed by atoms with Crippen LogP contribution in [0.25, 0.3) is 0 Å². The maximum atomic E-state index is 5.96. The monoisotopic (exact) mass is 388 g/mol. The molecule has 0 nitrogen and oxygen atoms in total. The number of hydrogen-bond acceptors (Lipinski definition) is 0. The summed E-state index contributed by atoms with van der Waals surface area (Å²) in [7, 11) is 0. The molecule has 84 valence electrons. The largest absolute Gasteiger partial charge is 0.218 e. The predicted octanol–water partition coefficient (Wildman–Crippen LogP) is 6.54. The van der Waals surface area contributed by atoms with Gasteiger partial charge in [0.05, 0.1) is 15.1 Å². The van der Waals surface area contributed by atoms with Crippen molar-refractivity contribution in [2.45, 2.75) is 10.7 Å². The fourth-order valence-electron chi connectivity index (χ4n) is 1.000. The van der Waals surface area contributed by atoms with Crippen molar-refractivity contribution in [3.05, 3.63) is 30.7 Å². The van der Waals surface area contributed by atoms with Crippen LogP contribution in [0.3, 0.4) is 0 Å². The second kappa shape index (κ2) is 4.97. The Labute approximate surface area is 126 Å². The Morgan fingerprint density at radius 2 is 1.40 bits per heavy atom. The fourth-order valence-corrected chi connectivity index (χ4v) is 3.78. The first-order valence-electron chi connectivity index (χ1n) is 3.57. The molecule has 7 heteroatoms. The van der Waals surface area contributed by atoms with Gasteiger partial charge in [0.2, 0.25) is 3.79 Å². The van der Waals surface area contributed by atoms with Crippen LogP contribution in [0.15, 0.2) is 4.47 Å². The molecule has 0 heterocycles. The van der Waals surface area contributed by atoms with Gasteiger partial charge in [-0.2, -0.15) is 0 Å². The molecule has 15 heavy (non-hydrogen) atoms. The zero-order valence-electron chi connectivity index (χ0n) is 7.15. The van der Waals surface area contributed by atoms with Gasteiger partial charge >= 0.3 is 0 Å². The molecule has 0 bridgehead atoms. The van der Waals surface area contributed by atoms with Crippen molar-refractivity contribution in [3.63, 3.8) is 0 Å². The van der Waals surface area contributed by atoms with Gasteiger partial charge < -0.3 is 0 Å². The topological polar surface area (TPSA) is 0 Å². The number of hydrogen-bond donors (Lipinski definition) is 0. The molecule has 0 spiro atoms. The lowest BCUT2D eigenvalue weighted by atomic mass is 10.1. The Hall–Kier alpha value is 1.44. The van der Waals surface area contributed by atoms with Crippen LogP contribution < -0.4 is 0 Å². The second-order valence-corrected chi connectivity index (χ2v) is 6.96. The molecule has 0 fully saturated rings. The highest BCUT2D eigenvalue weighted by Gasteiger charge is 2.32. The number of benzene rings is 1. The molecule has 0 N–H and O–H groups in total. The van der Waals surface area contributed by atoms with Crippen molar-refractivity contribution in [2.24, 2.45) is 0 Å². The fraction of sp³-hybridized carbons (Fsp3) is 0.250. The third kappa shape index (κ3) is 2.82. The van der Waals surface area contributed by atoms with Crippen LogP contribution in [0.2, 0.25) is 15.1 Å². The standard InChI is InChI=1S/C8H3BrCl6/c1-2-4(9)3(8(13,14)15)6(11)7(12)5(2)10/h1H3. The van der Waals surface area contributed by atoms with E-state index in [9.17, 15) is 0 Å². The molecule has 1 aromatic rings. The van der Waals surface area contributed by atoms with Crippen molar-refractivity contribution < 1.29 is 0 Å². The molecular formula is C8H3BrCl6. The Bertz CT molecular complexity index is 380. The summed E-state index contributed by atoms with van der Waals surface area (Å²) >= 11 is 38.4. The normalized spacial score (nSPS) is 12.0. The lowest BCUT2D eigenvalue weighted by molar-refractivity contribution is 1.20. The zero-order chi connectivity index (χ0) is 12.0. The van der Waals surface area contributed by atoms with Crippen LogP contribution in [0, 0.1) is 6.92 Å². The molecule has 0 radical (unpaired) electrons. The van der Waals surface area contributed by atoms with Crippen LogP contribution in [-0.2, 0) is 3.79 Å². The smallest absolute Gasteiger partial charge is 0.0823 e. The molecule has 0 unspecified atom stereocenters. The molecule has 0 saturated carbocycles. The molecule has 0 saturated heterocycles. The average molecular weight is 392 g/mol. The Morgan fingerprint density at radius 3 is 1.80 bits per heavy atom. The van der Waals surface area contributed by atoms with Crippen molar-refractivity contribution in [2.75, 3.05) is 0 Å². The van der Waals surface area contributed by atoms with Crippen molar-refractivity contribution in [1.82, 2.24) is 0 Å². The van der Waals surface area contributed by atoms with E-state index < -0.39 is 3.79 Å². The van der Waals surface area contributed by atoms with Gasteiger partial charge in [-0.3, -0.25) is 0 Å². The highest BCUT2D eigenvalue weighted by molar-refractivity contribution is 9.10. The molecular weight excluding hydrogens is 389 g/mol. The van der Waals surface area contributed by atoms with Crippen molar-refractivity contribution in [3.8, 4) is 0 Å². The molecule has 1 rings (SSSR count). The molecule has 0 atom stereocenters. The van der Waals surface area contributed by atoms with Gasteiger partial charge in [-0.05, 0) is 28.4 Å². The molecule has 0 aliphatic carbocycles. The van der Waals surface area contributed by atoms with Crippen LogP contribution in [0.1, 0.15) is 11.1 Å². The lowest BCUT2D eigenvalue weighted by Gasteiger charge is -2.19. The van der Waals surface area contributed by atoms with E-state index in [4.69, 9.17) is 69.6 Å². The number of alkyl halides is 3. The maximum absolute atomic E-state index is 5.96. The number of rotatable bonds is 0. The predicted molar refractivity (Wildman–Crippen MR) is 73.1 cm³/mol. The van der Waals surface area contributed by atoms with Gasteiger partial charge in [0, 0.05) is 10.0 Å². The summed E-state index contributed by atoms with van der Waals surface area (Å²) < 4.78 is -1.11. The van der Waals surface area contributed by atoms with E-state index in [2.05, 4.69) is 15.9 Å². The number of halogens is 7. The van der Waals surface area contributed by atoms with Crippen LogP contribution in [0.4, 0.5) is 0 Å². The summed E-state index contributed by atoms with van der Waals surface area (Å²) in [5.74, 6) is 0. The van der Waals surface area contributed by atoms with Crippen LogP contribution >= 0.6 is 85.5 Å². The first-order chi connectivity index (χ1) is 6.68. The molecule has 1 aromatic carbocycles. The van der Waals surface area contributed by atoms with E-state index in [0.29, 0.717) is 20.6 Å². The summed E-state index contributed by atoms with van der Waals surface area (Å²) in [6, 6.07) is 0. The van der Waals surface area contributed by atoms with Crippen LogP contribution in [-0.4, -0.2) is 0 Å². The minimum Gasteiger partial charge on any atom is -0.0823 e. The van der Waals surface area contributed by atoms with Gasteiger partial charge in [0.15, 0.2) is 0 Å². The molecule has 0 aliphatic rings. The highest BCUT2D eigenvalue weighted by atomic mass is 79.9. The third-order valence-corrected chi connectivity index (χ3v) is 4.75. The van der Waals surface area contributed by atoms with E-state index in [-0.39, 0.29) is 10.0 Å². The minimum absolute atomic E-state index is 0.138. The van der Waals surface area contributed by atoms with E-state index in [1.165, 1.54) is 0 Å². The average Bonchev–Trinajstić information content (AvgIpc) is 2.09. The van der Waals surface area contributed by atoms with Gasteiger partial charge in [0.1, 0.15) is 0 Å². The first kappa shape index (κ1) is 14.5. The van der Waals surface area contributed by atoms with E-state index in [1.54, 1.807) is 6.92 Å². The summed E-state index contributed by atoms with van der Waals surface area (Å²) in [4.78, 5) is 0. The molecule has 0 aromatic heterocycles. The summed E-state index contributed by atoms with van der Waals surface area (Å²) in [5, 5.41) is 0.658. The zero-order valence-corrected chi connectivity index (χ0v) is 13.3. The SMILES string of the molecule is Cc1c(Cl)c(Cl)c(Cl)c(C(Cl)(Cl)Cl)c1Br.